The predicted molar refractivity (Wildman–Crippen MR) is 145 cm³/mol. The molecule has 2 nitrogen and oxygen atoms in total. The van der Waals surface area contributed by atoms with E-state index in [1.54, 1.807) is 31.4 Å². The average molecular weight is 486 g/mol. The molecule has 0 bridgehead atoms. The Labute approximate surface area is 213 Å². The molecule has 0 atom stereocenters. The van der Waals surface area contributed by atoms with E-state index in [-0.39, 0.29) is 11.6 Å². The van der Waals surface area contributed by atoms with Crippen molar-refractivity contribution in [3.63, 3.8) is 0 Å². The number of methoxy groups -OCH3 is 1. The summed E-state index contributed by atoms with van der Waals surface area (Å²) in [6, 6.07) is 33.0. The Morgan fingerprint density at radius 1 is 0.649 bits per heavy atom. The first-order valence-corrected chi connectivity index (χ1v) is 11.9. The second-order valence-corrected chi connectivity index (χ2v) is 8.73. The zero-order valence-corrected chi connectivity index (χ0v) is 20.0. The van der Waals surface area contributed by atoms with Gasteiger partial charge in [-0.05, 0) is 101 Å². The number of fused-ring (bicyclic) bond motifs is 3. The quantitative estimate of drug-likeness (QED) is 0.231. The fourth-order valence-corrected chi connectivity index (χ4v) is 4.67. The highest BCUT2D eigenvalue weighted by molar-refractivity contribution is 6.11. The van der Waals surface area contributed by atoms with Crippen molar-refractivity contribution < 1.29 is 13.5 Å². The fraction of sp³-hybridized carbons (Fsp3) is 0.0303. The molecule has 6 aromatic rings. The normalized spacial score (nSPS) is 10.9. The van der Waals surface area contributed by atoms with Gasteiger partial charge in [0.2, 0.25) is 0 Å². The predicted octanol–water partition coefficient (Wildman–Crippen LogP) is 8.14. The maximum atomic E-state index is 13.8. The summed E-state index contributed by atoms with van der Waals surface area (Å²) >= 11 is 0. The second-order valence-electron chi connectivity index (χ2n) is 8.73. The molecule has 0 spiro atoms. The zero-order chi connectivity index (χ0) is 25.4. The number of benzene rings is 5. The van der Waals surface area contributed by atoms with E-state index in [9.17, 15) is 8.78 Å². The summed E-state index contributed by atoms with van der Waals surface area (Å²) in [5.74, 6) is 6.69. The van der Waals surface area contributed by atoms with Crippen molar-refractivity contribution in [1.82, 2.24) is 4.57 Å². The monoisotopic (exact) mass is 485 g/mol. The lowest BCUT2D eigenvalue weighted by Crippen LogP contribution is -1.97. The molecule has 0 N–H and O–H groups in total. The van der Waals surface area contributed by atoms with Gasteiger partial charge in [-0.1, -0.05) is 36.1 Å². The smallest absolute Gasteiger partial charge is 0.123 e. The van der Waals surface area contributed by atoms with Crippen molar-refractivity contribution >= 4 is 21.7 Å². The van der Waals surface area contributed by atoms with E-state index in [0.29, 0.717) is 0 Å². The molecular formula is C33H21F2NO. The van der Waals surface area contributed by atoms with E-state index in [2.05, 4.69) is 40.7 Å². The lowest BCUT2D eigenvalue weighted by molar-refractivity contribution is 0.415. The van der Waals surface area contributed by atoms with Crippen molar-refractivity contribution in [2.24, 2.45) is 0 Å². The van der Waals surface area contributed by atoms with Crippen LogP contribution in [0.15, 0.2) is 109 Å². The van der Waals surface area contributed by atoms with Crippen LogP contribution in [0.5, 0.6) is 5.75 Å². The summed E-state index contributed by atoms with van der Waals surface area (Å²) < 4.78 is 34.7. The van der Waals surface area contributed by atoms with Crippen LogP contribution in [0.25, 0.3) is 38.6 Å². The molecule has 1 aromatic heterocycles. The lowest BCUT2D eigenvalue weighted by Gasteiger charge is -2.13. The molecular weight excluding hydrogens is 464 g/mol. The minimum Gasteiger partial charge on any atom is -0.497 e. The molecule has 5 aromatic carbocycles. The van der Waals surface area contributed by atoms with Gasteiger partial charge < -0.3 is 9.30 Å². The number of hydrogen-bond donors (Lipinski definition) is 0. The van der Waals surface area contributed by atoms with E-state index in [1.807, 2.05) is 36.4 Å². The van der Waals surface area contributed by atoms with Gasteiger partial charge in [-0.25, -0.2) is 8.78 Å². The van der Waals surface area contributed by atoms with Crippen LogP contribution in [-0.2, 0) is 0 Å². The van der Waals surface area contributed by atoms with Gasteiger partial charge in [0.15, 0.2) is 0 Å². The topological polar surface area (TPSA) is 14.2 Å². The van der Waals surface area contributed by atoms with Gasteiger partial charge >= 0.3 is 0 Å². The summed E-state index contributed by atoms with van der Waals surface area (Å²) in [6.45, 7) is 0. The Hall–Kier alpha value is -4.88. The maximum Gasteiger partial charge on any atom is 0.123 e. The van der Waals surface area contributed by atoms with Crippen LogP contribution < -0.4 is 4.74 Å². The van der Waals surface area contributed by atoms with E-state index < -0.39 is 0 Å². The number of rotatable bonds is 3. The Bertz CT molecular complexity index is 1800. The van der Waals surface area contributed by atoms with Crippen LogP contribution in [-0.4, -0.2) is 11.7 Å². The van der Waals surface area contributed by atoms with Gasteiger partial charge in [-0.15, -0.1) is 0 Å². The van der Waals surface area contributed by atoms with Gasteiger partial charge in [-0.2, -0.15) is 0 Å². The molecule has 0 saturated carbocycles. The molecule has 37 heavy (non-hydrogen) atoms. The number of nitrogens with zero attached hydrogens (tertiary/aromatic N) is 1. The highest BCUT2D eigenvalue weighted by atomic mass is 19.1. The van der Waals surface area contributed by atoms with Gasteiger partial charge in [0.1, 0.15) is 17.4 Å². The van der Waals surface area contributed by atoms with Gasteiger partial charge in [-0.3, -0.25) is 0 Å². The van der Waals surface area contributed by atoms with E-state index in [4.69, 9.17) is 4.74 Å². The number of ether oxygens (including phenoxy) is 1. The maximum absolute atomic E-state index is 13.8. The molecule has 0 aliphatic heterocycles. The van der Waals surface area contributed by atoms with Gasteiger partial charge in [0.25, 0.3) is 0 Å². The molecule has 1 heterocycles. The molecule has 0 saturated heterocycles. The molecule has 0 aliphatic rings. The number of aromatic nitrogens is 1. The second kappa shape index (κ2) is 9.29. The third kappa shape index (κ3) is 4.22. The van der Waals surface area contributed by atoms with E-state index in [0.717, 1.165) is 55.5 Å². The average Bonchev–Trinajstić information content (AvgIpc) is 3.32. The Morgan fingerprint density at radius 3 is 1.97 bits per heavy atom. The van der Waals surface area contributed by atoms with Crippen LogP contribution >= 0.6 is 0 Å². The van der Waals surface area contributed by atoms with Crippen LogP contribution in [0.1, 0.15) is 11.1 Å². The largest absolute Gasteiger partial charge is 0.497 e. The summed E-state index contributed by atoms with van der Waals surface area (Å²) in [6.07, 6.45) is 0. The van der Waals surface area contributed by atoms with Crippen molar-refractivity contribution in [2.75, 3.05) is 7.11 Å². The molecule has 0 fully saturated rings. The lowest BCUT2D eigenvalue weighted by atomic mass is 10.0. The number of hydrogen-bond acceptors (Lipinski definition) is 1. The highest BCUT2D eigenvalue weighted by Gasteiger charge is 2.16. The van der Waals surface area contributed by atoms with Gasteiger partial charge in [0, 0.05) is 22.2 Å². The van der Waals surface area contributed by atoms with Crippen molar-refractivity contribution in [1.29, 1.82) is 0 Å². The standard InChI is InChI=1S/C33H21F2NO/c1-37-28-18-16-27(17-19-28)36-32(23-10-14-26(35)15-11-23)21-31-30-5-3-2-4-29(30)24(20-33(31)36)9-6-22-7-12-25(34)13-8-22/h2-5,7-8,10-21H,1H3. The molecule has 0 radical (unpaired) electrons. The van der Waals surface area contributed by atoms with Crippen LogP contribution in [0.4, 0.5) is 8.78 Å². The Morgan fingerprint density at radius 2 is 1.30 bits per heavy atom. The Balaban J connectivity index is 1.65. The number of halogens is 2. The molecule has 4 heteroatoms. The SMILES string of the molecule is COc1ccc(-n2c(-c3ccc(F)cc3)cc3c4ccccc4c(C#Cc4ccc(F)cc4)cc32)cc1. The van der Waals surface area contributed by atoms with Crippen LogP contribution in [0, 0.1) is 23.5 Å². The summed E-state index contributed by atoms with van der Waals surface area (Å²) in [5.41, 5.74) is 5.37. The fourth-order valence-electron chi connectivity index (χ4n) is 4.67. The first-order chi connectivity index (χ1) is 18.1. The third-order valence-corrected chi connectivity index (χ3v) is 6.48. The van der Waals surface area contributed by atoms with E-state index in [1.165, 1.54) is 24.3 Å². The molecule has 0 aliphatic carbocycles. The first-order valence-electron chi connectivity index (χ1n) is 11.9. The molecule has 6 rings (SSSR count). The van der Waals surface area contributed by atoms with E-state index >= 15 is 0 Å². The van der Waals surface area contributed by atoms with Crippen molar-refractivity contribution in [3.05, 3.63) is 132 Å². The Kier molecular flexibility index (Phi) is 5.67. The van der Waals surface area contributed by atoms with Crippen LogP contribution in [0.3, 0.4) is 0 Å². The summed E-state index contributed by atoms with van der Waals surface area (Å²) in [5, 5.41) is 3.17. The van der Waals surface area contributed by atoms with Crippen molar-refractivity contribution in [2.45, 2.75) is 0 Å². The summed E-state index contributed by atoms with van der Waals surface area (Å²) in [4.78, 5) is 0. The minimum atomic E-state index is -0.289. The van der Waals surface area contributed by atoms with Gasteiger partial charge in [0.05, 0.1) is 18.3 Å². The third-order valence-electron chi connectivity index (χ3n) is 6.48. The zero-order valence-electron chi connectivity index (χ0n) is 20.0. The first kappa shape index (κ1) is 22.6. The minimum absolute atomic E-state index is 0.278. The molecule has 0 amide bonds. The van der Waals surface area contributed by atoms with Crippen LogP contribution in [0.2, 0.25) is 0 Å². The summed E-state index contributed by atoms with van der Waals surface area (Å²) in [7, 11) is 1.64. The van der Waals surface area contributed by atoms with Crippen molar-refractivity contribution in [3.8, 4) is 34.5 Å². The molecule has 0 unspecified atom stereocenters. The molecule has 178 valence electrons. The highest BCUT2D eigenvalue weighted by Crippen LogP contribution is 2.37.